The number of para-hydroxylation sites is 1. The Hall–Kier alpha value is -1.57. The zero-order valence-corrected chi connectivity index (χ0v) is 8.59. The van der Waals surface area contributed by atoms with Gasteiger partial charge in [-0.15, -0.1) is 0 Å². The van der Waals surface area contributed by atoms with Gasteiger partial charge in [-0.05, 0) is 37.3 Å². The van der Waals surface area contributed by atoms with Gasteiger partial charge in [-0.25, -0.2) is 0 Å². The van der Waals surface area contributed by atoms with Crippen LogP contribution in [0.15, 0.2) is 24.3 Å². The van der Waals surface area contributed by atoms with Crippen molar-refractivity contribution in [2.24, 2.45) is 0 Å². The van der Waals surface area contributed by atoms with E-state index >= 15 is 0 Å². The number of hydrogen-bond donors (Lipinski definition) is 0. The number of nitrogens with one attached hydrogen (secondary N) is 1. The molecule has 2 aromatic rings. The lowest BCUT2D eigenvalue weighted by molar-refractivity contribution is 0.671. The van der Waals surface area contributed by atoms with E-state index in [1.807, 2.05) is 24.3 Å². The number of pyridine rings is 1. The Kier molecular flexibility index (Phi) is 1.88. The van der Waals surface area contributed by atoms with E-state index in [4.69, 9.17) is 5.73 Å². The summed E-state index contributed by atoms with van der Waals surface area (Å²) in [4.78, 5) is 4.66. The Morgan fingerprint density at radius 1 is 1.07 bits per heavy atom. The number of aromatic nitrogens is 1. The molecule has 2 heteroatoms. The number of fused-ring (bicyclic) bond motifs is 2. The largest absolute Gasteiger partial charge is 0.300 e. The minimum atomic E-state index is 0.704. The molecule has 1 heterocycles. The van der Waals surface area contributed by atoms with Crippen LogP contribution in [-0.2, 0) is 12.8 Å². The molecule has 1 aromatic heterocycles. The highest BCUT2D eigenvalue weighted by molar-refractivity contribution is 5.91. The van der Waals surface area contributed by atoms with Gasteiger partial charge >= 0.3 is 0 Å². The van der Waals surface area contributed by atoms with E-state index in [0.29, 0.717) is 5.69 Å². The van der Waals surface area contributed by atoms with Crippen LogP contribution in [0.5, 0.6) is 0 Å². The average molecular weight is 197 g/mol. The maximum Gasteiger partial charge on any atom is 0.0726 e. The van der Waals surface area contributed by atoms with Crippen molar-refractivity contribution in [2.45, 2.75) is 25.7 Å². The topological polar surface area (TPSA) is 36.7 Å². The minimum absolute atomic E-state index is 0.704. The molecule has 0 fully saturated rings. The van der Waals surface area contributed by atoms with E-state index < -0.39 is 0 Å². The molecule has 0 amide bonds. The third-order valence-electron chi connectivity index (χ3n) is 3.17. The predicted molar refractivity (Wildman–Crippen MR) is 61.1 cm³/mol. The lowest BCUT2D eigenvalue weighted by Gasteiger charge is -2.17. The lowest BCUT2D eigenvalue weighted by atomic mass is 9.93. The molecule has 0 aliphatic heterocycles. The molecule has 0 unspecified atom stereocenters. The molecule has 0 bridgehead atoms. The van der Waals surface area contributed by atoms with Crippen molar-refractivity contribution in [1.82, 2.24) is 10.7 Å². The van der Waals surface area contributed by atoms with Gasteiger partial charge in [-0.3, -0.25) is 10.7 Å². The normalized spacial score (nSPS) is 15.2. The smallest absolute Gasteiger partial charge is 0.0726 e. The Morgan fingerprint density at radius 2 is 1.87 bits per heavy atom. The van der Waals surface area contributed by atoms with Gasteiger partial charge in [-0.2, -0.15) is 0 Å². The second-order valence-corrected chi connectivity index (χ2v) is 4.14. The molecule has 0 spiro atoms. The summed E-state index contributed by atoms with van der Waals surface area (Å²) in [6.07, 6.45) is 4.51. The fourth-order valence-electron chi connectivity index (χ4n) is 2.37. The van der Waals surface area contributed by atoms with E-state index in [0.717, 1.165) is 29.4 Å². The Bertz CT molecular complexity index is 517. The van der Waals surface area contributed by atoms with E-state index in [-0.39, 0.29) is 0 Å². The standard InChI is InChI=1S/C13H13N2/c14-13-9-5-1-3-7-11(9)15-12-8-4-2-6-10(12)13/h1,3,5,7,14H,2,4,6,8H2. The molecule has 1 aliphatic rings. The van der Waals surface area contributed by atoms with Crippen LogP contribution < -0.4 is 5.73 Å². The summed E-state index contributed by atoms with van der Waals surface area (Å²) in [5, 5.41) is 0.998. The van der Waals surface area contributed by atoms with E-state index in [2.05, 4.69) is 4.98 Å². The lowest BCUT2D eigenvalue weighted by Crippen LogP contribution is -2.06. The number of nitrogens with zero attached hydrogens (tertiary/aromatic N) is 1. The molecule has 1 aliphatic carbocycles. The zero-order chi connectivity index (χ0) is 10.3. The summed E-state index contributed by atoms with van der Waals surface area (Å²) < 4.78 is 0. The van der Waals surface area contributed by atoms with Crippen LogP contribution in [0.1, 0.15) is 24.1 Å². The quantitative estimate of drug-likeness (QED) is 0.639. The Morgan fingerprint density at radius 3 is 2.80 bits per heavy atom. The fourth-order valence-corrected chi connectivity index (χ4v) is 2.37. The van der Waals surface area contributed by atoms with Crippen LogP contribution in [0.2, 0.25) is 0 Å². The number of benzene rings is 1. The van der Waals surface area contributed by atoms with Gasteiger partial charge in [0.25, 0.3) is 0 Å². The Balaban J connectivity index is 2.36. The first-order valence-corrected chi connectivity index (χ1v) is 5.48. The molecule has 0 saturated heterocycles. The van der Waals surface area contributed by atoms with Gasteiger partial charge in [-0.1, -0.05) is 18.2 Å². The van der Waals surface area contributed by atoms with Crippen molar-refractivity contribution in [3.05, 3.63) is 35.5 Å². The van der Waals surface area contributed by atoms with Crippen LogP contribution in [0.25, 0.3) is 10.9 Å². The third-order valence-corrected chi connectivity index (χ3v) is 3.17. The second-order valence-electron chi connectivity index (χ2n) is 4.14. The van der Waals surface area contributed by atoms with Crippen LogP contribution in [0.4, 0.5) is 5.69 Å². The summed E-state index contributed by atoms with van der Waals surface area (Å²) >= 11 is 0. The molecule has 2 nitrogen and oxygen atoms in total. The molecule has 1 radical (unpaired) electrons. The monoisotopic (exact) mass is 197 g/mol. The Labute approximate surface area is 89.1 Å². The van der Waals surface area contributed by atoms with Gasteiger partial charge < -0.3 is 0 Å². The maximum absolute atomic E-state index is 8.18. The molecule has 1 aromatic carbocycles. The molecule has 75 valence electrons. The predicted octanol–water partition coefficient (Wildman–Crippen LogP) is 3.03. The van der Waals surface area contributed by atoms with E-state index in [1.165, 1.54) is 18.4 Å². The highest BCUT2D eigenvalue weighted by atomic mass is 14.7. The van der Waals surface area contributed by atoms with Crippen LogP contribution in [0, 0.1) is 0 Å². The minimum Gasteiger partial charge on any atom is -0.300 e. The van der Waals surface area contributed by atoms with Gasteiger partial charge in [0.1, 0.15) is 0 Å². The van der Waals surface area contributed by atoms with Crippen molar-refractivity contribution in [3.8, 4) is 0 Å². The van der Waals surface area contributed by atoms with Gasteiger partial charge in [0.2, 0.25) is 0 Å². The SMILES string of the molecule is [NH]c1c2c(nc3ccccc13)CCCC2. The van der Waals surface area contributed by atoms with Crippen molar-refractivity contribution in [2.75, 3.05) is 0 Å². The van der Waals surface area contributed by atoms with E-state index in [9.17, 15) is 0 Å². The van der Waals surface area contributed by atoms with Gasteiger partial charge in [0, 0.05) is 11.1 Å². The summed E-state index contributed by atoms with van der Waals surface area (Å²) in [5.74, 6) is 0. The first kappa shape index (κ1) is 8.72. The second kappa shape index (κ2) is 3.23. The molecule has 3 rings (SSSR count). The van der Waals surface area contributed by atoms with Crippen molar-refractivity contribution >= 4 is 16.6 Å². The third kappa shape index (κ3) is 1.29. The molecular formula is C13H13N2. The van der Waals surface area contributed by atoms with Gasteiger partial charge in [0.15, 0.2) is 0 Å². The van der Waals surface area contributed by atoms with E-state index in [1.54, 1.807) is 0 Å². The number of hydrogen-bond acceptors (Lipinski definition) is 1. The van der Waals surface area contributed by atoms with Crippen molar-refractivity contribution in [1.29, 1.82) is 0 Å². The average Bonchev–Trinajstić information content (AvgIpc) is 2.30. The van der Waals surface area contributed by atoms with Crippen molar-refractivity contribution in [3.63, 3.8) is 0 Å². The molecule has 0 atom stereocenters. The highest BCUT2D eigenvalue weighted by Gasteiger charge is 2.16. The number of aryl methyl sites for hydroxylation is 1. The first-order valence-electron chi connectivity index (χ1n) is 5.48. The van der Waals surface area contributed by atoms with Gasteiger partial charge in [0.05, 0.1) is 11.2 Å². The highest BCUT2D eigenvalue weighted by Crippen LogP contribution is 2.31. The zero-order valence-electron chi connectivity index (χ0n) is 8.59. The molecule has 0 saturated carbocycles. The number of rotatable bonds is 0. The van der Waals surface area contributed by atoms with Crippen LogP contribution in [0.3, 0.4) is 0 Å². The molecule has 15 heavy (non-hydrogen) atoms. The van der Waals surface area contributed by atoms with Crippen molar-refractivity contribution < 1.29 is 0 Å². The fraction of sp³-hybridized carbons (Fsp3) is 0.308. The summed E-state index contributed by atoms with van der Waals surface area (Å²) in [6, 6.07) is 7.98. The molecule has 1 N–H and O–H groups in total. The summed E-state index contributed by atoms with van der Waals surface area (Å²) in [6.45, 7) is 0. The molecular weight excluding hydrogens is 184 g/mol. The summed E-state index contributed by atoms with van der Waals surface area (Å²) in [5.41, 5.74) is 12.2. The first-order chi connectivity index (χ1) is 7.36. The van der Waals surface area contributed by atoms with Crippen LogP contribution in [-0.4, -0.2) is 4.98 Å². The van der Waals surface area contributed by atoms with Crippen LogP contribution >= 0.6 is 0 Å². The summed E-state index contributed by atoms with van der Waals surface area (Å²) in [7, 11) is 0. The maximum atomic E-state index is 8.18.